The van der Waals surface area contributed by atoms with Crippen LogP contribution in [0.3, 0.4) is 0 Å². The third kappa shape index (κ3) is 4.53. The highest BCUT2D eigenvalue weighted by Crippen LogP contribution is 2.41. The van der Waals surface area contributed by atoms with Crippen LogP contribution in [0.5, 0.6) is 0 Å². The zero-order valence-corrected chi connectivity index (χ0v) is 21.8. The number of hydrogen-bond donors (Lipinski definition) is 3. The molecule has 1 atom stereocenters. The summed E-state index contributed by atoms with van der Waals surface area (Å²) in [5.74, 6) is 0.290. The average Bonchev–Trinajstić information content (AvgIpc) is 3.56. The molecule has 2 aromatic carbocycles. The lowest BCUT2D eigenvalue weighted by Crippen LogP contribution is -2.30. The molecular formula is C30H31N7O. The summed E-state index contributed by atoms with van der Waals surface area (Å²) in [6.07, 6.45) is 9.59. The Hall–Kier alpha value is -4.46. The molecule has 38 heavy (non-hydrogen) atoms. The maximum absolute atomic E-state index is 13.8. The Labute approximate surface area is 220 Å². The topological polar surface area (TPSA) is 104 Å². The van der Waals surface area contributed by atoms with Gasteiger partial charge in [0, 0.05) is 36.6 Å². The second kappa shape index (κ2) is 9.45. The number of benzene rings is 2. The number of aromatic nitrogens is 5. The second-order valence-corrected chi connectivity index (χ2v) is 10.4. The van der Waals surface area contributed by atoms with E-state index in [9.17, 15) is 4.79 Å². The largest absolute Gasteiger partial charge is 0.343 e. The molecular weight excluding hydrogens is 474 g/mol. The van der Waals surface area contributed by atoms with Gasteiger partial charge in [0.05, 0.1) is 30.0 Å². The molecule has 8 nitrogen and oxygen atoms in total. The minimum Gasteiger partial charge on any atom is -0.343 e. The first-order valence-corrected chi connectivity index (χ1v) is 12.9. The van der Waals surface area contributed by atoms with Gasteiger partial charge in [-0.15, -0.1) is 0 Å². The van der Waals surface area contributed by atoms with E-state index in [1.54, 1.807) is 4.57 Å². The lowest BCUT2D eigenvalue weighted by Gasteiger charge is -2.19. The molecule has 3 heterocycles. The quantitative estimate of drug-likeness (QED) is 0.296. The number of hydrogen-bond acceptors (Lipinski definition) is 4. The highest BCUT2D eigenvalue weighted by molar-refractivity contribution is 6.00. The van der Waals surface area contributed by atoms with Crippen molar-refractivity contribution in [3.63, 3.8) is 0 Å². The van der Waals surface area contributed by atoms with Crippen LogP contribution in [-0.4, -0.2) is 30.2 Å². The summed E-state index contributed by atoms with van der Waals surface area (Å²) < 4.78 is 3.64. The Bertz CT molecular complexity index is 1720. The molecule has 0 aliphatic heterocycles. The summed E-state index contributed by atoms with van der Waals surface area (Å²) in [6.45, 7) is 4.61. The van der Waals surface area contributed by atoms with Crippen molar-refractivity contribution in [3.8, 4) is 11.1 Å². The van der Waals surface area contributed by atoms with E-state index >= 15 is 0 Å². The van der Waals surface area contributed by atoms with Gasteiger partial charge in [0.2, 0.25) is 5.62 Å². The Balaban J connectivity index is 1.43. The summed E-state index contributed by atoms with van der Waals surface area (Å²) in [5, 5.41) is 20.0. The average molecular weight is 506 g/mol. The fourth-order valence-corrected chi connectivity index (χ4v) is 5.23. The minimum absolute atomic E-state index is 0.114. The van der Waals surface area contributed by atoms with Crippen molar-refractivity contribution in [2.75, 3.05) is 0 Å². The Morgan fingerprint density at radius 1 is 1.16 bits per heavy atom. The summed E-state index contributed by atoms with van der Waals surface area (Å²) in [4.78, 5) is 18.4. The van der Waals surface area contributed by atoms with E-state index in [2.05, 4.69) is 45.6 Å². The Kier molecular flexibility index (Phi) is 5.94. The minimum atomic E-state index is -0.116. The van der Waals surface area contributed by atoms with Crippen LogP contribution < -0.4 is 10.9 Å². The van der Waals surface area contributed by atoms with Crippen LogP contribution in [0.25, 0.3) is 22.0 Å². The Morgan fingerprint density at radius 3 is 2.74 bits per heavy atom. The molecule has 5 aromatic rings. The molecule has 1 aliphatic rings. The van der Waals surface area contributed by atoms with E-state index in [-0.39, 0.29) is 11.9 Å². The number of aryl methyl sites for hydroxylation is 3. The van der Waals surface area contributed by atoms with Crippen LogP contribution in [0.1, 0.15) is 51.6 Å². The number of carbonyl (C=O) groups excluding carboxylic acids is 1. The van der Waals surface area contributed by atoms with Crippen LogP contribution >= 0.6 is 0 Å². The SMILES string of the molecule is Cc1ccnc(C(NC(=O)c2cc(Cn3ccn(C)c3=N)cc(-c3c(C)ccc4[nH]ncc34)c2)C2CC2)c1. The number of nitrogens with zero attached hydrogens (tertiary/aromatic N) is 4. The van der Waals surface area contributed by atoms with Crippen LogP contribution in [0, 0.1) is 25.2 Å². The first kappa shape index (κ1) is 23.9. The highest BCUT2D eigenvalue weighted by Gasteiger charge is 2.34. The van der Waals surface area contributed by atoms with Gasteiger partial charge in [-0.05, 0) is 96.8 Å². The van der Waals surface area contributed by atoms with Crippen molar-refractivity contribution < 1.29 is 4.79 Å². The molecule has 192 valence electrons. The number of aromatic amines is 1. The van der Waals surface area contributed by atoms with E-state index in [4.69, 9.17) is 5.41 Å². The lowest BCUT2D eigenvalue weighted by molar-refractivity contribution is 0.0930. The van der Waals surface area contributed by atoms with Gasteiger partial charge in [-0.25, -0.2) is 0 Å². The van der Waals surface area contributed by atoms with E-state index < -0.39 is 0 Å². The maximum atomic E-state index is 13.8. The zero-order valence-electron chi connectivity index (χ0n) is 21.8. The number of amides is 1. The summed E-state index contributed by atoms with van der Waals surface area (Å²) in [5.41, 5.74) is 8.06. The number of carbonyl (C=O) groups is 1. The van der Waals surface area contributed by atoms with Crippen molar-refractivity contribution >= 4 is 16.8 Å². The molecule has 0 saturated heterocycles. The van der Waals surface area contributed by atoms with Crippen molar-refractivity contribution in [2.24, 2.45) is 13.0 Å². The fraction of sp³-hybridized carbons (Fsp3) is 0.267. The number of nitrogens with one attached hydrogen (secondary N) is 3. The van der Waals surface area contributed by atoms with E-state index in [1.165, 1.54) is 0 Å². The molecule has 0 bridgehead atoms. The predicted molar refractivity (Wildman–Crippen MR) is 147 cm³/mol. The number of rotatable bonds is 7. The van der Waals surface area contributed by atoms with Crippen LogP contribution in [0.2, 0.25) is 0 Å². The van der Waals surface area contributed by atoms with Gasteiger partial charge in [0.15, 0.2) is 0 Å². The highest BCUT2D eigenvalue weighted by atomic mass is 16.1. The van der Waals surface area contributed by atoms with Crippen molar-refractivity contribution in [3.05, 3.63) is 101 Å². The van der Waals surface area contributed by atoms with Gasteiger partial charge >= 0.3 is 0 Å². The van der Waals surface area contributed by atoms with Gasteiger partial charge in [-0.3, -0.25) is 20.3 Å². The fourth-order valence-electron chi connectivity index (χ4n) is 5.23. The van der Waals surface area contributed by atoms with Gasteiger partial charge in [0.1, 0.15) is 0 Å². The van der Waals surface area contributed by atoms with E-state index in [1.807, 2.05) is 67.6 Å². The number of H-pyrrole nitrogens is 1. The zero-order chi connectivity index (χ0) is 26.4. The third-order valence-corrected chi connectivity index (χ3v) is 7.44. The standard InChI is InChI=1S/C30H31N7O/c1-18-8-9-32-26(12-18)28(21-5-6-21)34-29(38)23-14-20(17-37-11-10-36(3)30(37)31)13-22(15-23)27-19(2)4-7-25-24(27)16-33-35-25/h4,7-16,21,28,31H,5-6,17H2,1-3H3,(H,33,35)(H,34,38). The number of fused-ring (bicyclic) bond motifs is 1. The van der Waals surface area contributed by atoms with Gasteiger partial charge < -0.3 is 14.5 Å². The first-order chi connectivity index (χ1) is 18.4. The molecule has 3 N–H and O–H groups in total. The van der Waals surface area contributed by atoms with Crippen molar-refractivity contribution in [2.45, 2.75) is 39.3 Å². The van der Waals surface area contributed by atoms with E-state index in [0.717, 1.165) is 57.3 Å². The molecule has 1 aliphatic carbocycles. The molecule has 1 fully saturated rings. The monoisotopic (exact) mass is 505 g/mol. The molecule has 0 spiro atoms. The van der Waals surface area contributed by atoms with Crippen molar-refractivity contribution in [1.29, 1.82) is 5.41 Å². The number of pyridine rings is 1. The Morgan fingerprint density at radius 2 is 2.00 bits per heavy atom. The van der Waals surface area contributed by atoms with Gasteiger partial charge in [-0.1, -0.05) is 6.07 Å². The lowest BCUT2D eigenvalue weighted by atomic mass is 9.93. The third-order valence-electron chi connectivity index (χ3n) is 7.44. The molecule has 6 rings (SSSR count). The first-order valence-electron chi connectivity index (χ1n) is 12.9. The molecule has 8 heteroatoms. The molecule has 0 radical (unpaired) electrons. The maximum Gasteiger partial charge on any atom is 0.251 e. The summed E-state index contributed by atoms with van der Waals surface area (Å²) >= 11 is 0. The molecule has 3 aromatic heterocycles. The molecule has 1 amide bonds. The normalized spacial score (nSPS) is 14.1. The predicted octanol–water partition coefficient (Wildman–Crippen LogP) is 4.79. The van der Waals surface area contributed by atoms with Crippen molar-refractivity contribution in [1.82, 2.24) is 29.6 Å². The van der Waals surface area contributed by atoms with Gasteiger partial charge in [-0.2, -0.15) is 5.10 Å². The smallest absolute Gasteiger partial charge is 0.251 e. The number of imidazole rings is 1. The second-order valence-electron chi connectivity index (χ2n) is 10.4. The summed E-state index contributed by atoms with van der Waals surface area (Å²) in [6, 6.07) is 14.1. The van der Waals surface area contributed by atoms with Crippen LogP contribution in [0.15, 0.2) is 67.3 Å². The van der Waals surface area contributed by atoms with E-state index in [0.29, 0.717) is 23.6 Å². The van der Waals surface area contributed by atoms with Crippen LogP contribution in [0.4, 0.5) is 0 Å². The van der Waals surface area contributed by atoms with Gasteiger partial charge in [0.25, 0.3) is 5.91 Å². The molecule has 1 unspecified atom stereocenters. The summed E-state index contributed by atoms with van der Waals surface area (Å²) in [7, 11) is 1.86. The van der Waals surface area contributed by atoms with Crippen LogP contribution in [-0.2, 0) is 13.6 Å². The molecule has 1 saturated carbocycles.